The van der Waals surface area contributed by atoms with E-state index in [-0.39, 0.29) is 19.8 Å². The highest BCUT2D eigenvalue weighted by atomic mass is 32.2. The number of ether oxygens (including phenoxy) is 4. The van der Waals surface area contributed by atoms with Gasteiger partial charge in [-0.15, -0.1) is 11.8 Å². The molecule has 1 fully saturated rings. The quantitative estimate of drug-likeness (QED) is 0.311. The van der Waals surface area contributed by atoms with Crippen LogP contribution in [0, 0.1) is 0 Å². The van der Waals surface area contributed by atoms with Crippen LogP contribution in [0.3, 0.4) is 0 Å². The zero-order chi connectivity index (χ0) is 25.4. The fourth-order valence-electron chi connectivity index (χ4n) is 4.11. The predicted octanol–water partition coefficient (Wildman–Crippen LogP) is 6.39. The van der Waals surface area contributed by atoms with Crippen molar-refractivity contribution in [3.05, 3.63) is 108 Å². The first kappa shape index (κ1) is 26.7. The molecular formula is C28H29F3O4S. The normalized spacial score (nSPS) is 24.5. The lowest BCUT2D eigenvalue weighted by atomic mass is 9.98. The molecule has 4 nitrogen and oxygen atoms in total. The molecule has 0 aromatic heterocycles. The summed E-state index contributed by atoms with van der Waals surface area (Å²) in [6.07, 6.45) is -8.32. The van der Waals surface area contributed by atoms with E-state index in [1.54, 1.807) is 18.4 Å². The molecule has 4 rings (SSSR count). The van der Waals surface area contributed by atoms with Gasteiger partial charge in [0.15, 0.2) is 6.10 Å². The second-order valence-electron chi connectivity index (χ2n) is 8.49. The van der Waals surface area contributed by atoms with Gasteiger partial charge in [0.1, 0.15) is 23.7 Å². The molecule has 0 unspecified atom stereocenters. The minimum atomic E-state index is -4.64. The van der Waals surface area contributed by atoms with E-state index in [0.29, 0.717) is 0 Å². The van der Waals surface area contributed by atoms with Crippen LogP contribution in [0.4, 0.5) is 13.2 Å². The Hall–Kier alpha value is -2.36. The van der Waals surface area contributed by atoms with Crippen molar-refractivity contribution in [2.45, 2.75) is 55.8 Å². The van der Waals surface area contributed by atoms with Crippen LogP contribution in [-0.2, 0) is 38.8 Å². The minimum absolute atomic E-state index is 0.0119. The van der Waals surface area contributed by atoms with Crippen molar-refractivity contribution in [1.82, 2.24) is 0 Å². The first-order chi connectivity index (χ1) is 17.5. The highest BCUT2D eigenvalue weighted by Gasteiger charge is 2.57. The van der Waals surface area contributed by atoms with Crippen molar-refractivity contribution in [2.75, 3.05) is 6.26 Å². The van der Waals surface area contributed by atoms with Crippen LogP contribution in [0.25, 0.3) is 0 Å². The van der Waals surface area contributed by atoms with E-state index in [2.05, 4.69) is 0 Å². The molecule has 1 saturated heterocycles. The van der Waals surface area contributed by atoms with E-state index in [1.165, 1.54) is 11.8 Å². The third-order valence-electron chi connectivity index (χ3n) is 5.91. The Labute approximate surface area is 213 Å². The summed E-state index contributed by atoms with van der Waals surface area (Å²) >= 11 is 1.17. The molecule has 0 N–H and O–H groups in total. The van der Waals surface area contributed by atoms with Gasteiger partial charge >= 0.3 is 6.18 Å². The van der Waals surface area contributed by atoms with E-state index in [1.807, 2.05) is 78.9 Å². The Morgan fingerprint density at radius 3 is 1.42 bits per heavy atom. The first-order valence-electron chi connectivity index (χ1n) is 11.7. The standard InChI is InChI=1S/C28H29F3O4S/c1-36-27-25(34-19-22-15-9-4-10-16-22)23(32-17-20-11-5-2-6-12-20)24(26(35-27)28(29,30)31)33-18-21-13-7-3-8-14-21/h2-16,23-27H,17-19H2,1H3/t23-,24+,25+,26-,27-/m1/s1. The molecular weight excluding hydrogens is 489 g/mol. The number of thioether (sulfide) groups is 1. The lowest BCUT2D eigenvalue weighted by Gasteiger charge is -2.46. The molecule has 0 radical (unpaired) electrons. The summed E-state index contributed by atoms with van der Waals surface area (Å²) in [5.74, 6) is 0. The molecule has 0 saturated carbocycles. The Balaban J connectivity index is 1.62. The number of benzene rings is 3. The summed E-state index contributed by atoms with van der Waals surface area (Å²) in [5.41, 5.74) is 1.61. The maximum atomic E-state index is 14.2. The molecule has 1 aliphatic heterocycles. The largest absolute Gasteiger partial charge is 0.417 e. The van der Waals surface area contributed by atoms with E-state index in [4.69, 9.17) is 18.9 Å². The average molecular weight is 519 g/mol. The summed E-state index contributed by atoms with van der Waals surface area (Å²) in [7, 11) is 0. The van der Waals surface area contributed by atoms with Crippen LogP contribution in [0.5, 0.6) is 0 Å². The second kappa shape index (κ2) is 12.7. The number of rotatable bonds is 10. The van der Waals surface area contributed by atoms with E-state index in [9.17, 15) is 13.2 Å². The molecule has 1 heterocycles. The summed E-state index contributed by atoms with van der Waals surface area (Å²) in [6, 6.07) is 27.9. The number of hydrogen-bond donors (Lipinski definition) is 0. The molecule has 0 amide bonds. The Morgan fingerprint density at radius 1 is 0.639 bits per heavy atom. The van der Waals surface area contributed by atoms with Crippen LogP contribution in [0.1, 0.15) is 16.7 Å². The summed E-state index contributed by atoms with van der Waals surface area (Å²) in [5, 5.41) is 0. The Bertz CT molecular complexity index is 1040. The second-order valence-corrected chi connectivity index (χ2v) is 9.42. The van der Waals surface area contributed by atoms with Crippen molar-refractivity contribution in [2.24, 2.45) is 0 Å². The third-order valence-corrected chi connectivity index (χ3v) is 6.75. The van der Waals surface area contributed by atoms with E-state index in [0.717, 1.165) is 16.7 Å². The molecule has 5 atom stereocenters. The van der Waals surface area contributed by atoms with Crippen LogP contribution in [-0.4, -0.2) is 42.3 Å². The minimum Gasteiger partial charge on any atom is -0.368 e. The van der Waals surface area contributed by atoms with Gasteiger partial charge < -0.3 is 18.9 Å². The van der Waals surface area contributed by atoms with Crippen LogP contribution in [0.15, 0.2) is 91.0 Å². The van der Waals surface area contributed by atoms with Gasteiger partial charge in [0, 0.05) is 0 Å². The van der Waals surface area contributed by atoms with Gasteiger partial charge in [-0.25, -0.2) is 0 Å². The van der Waals surface area contributed by atoms with Crippen molar-refractivity contribution in [3.63, 3.8) is 0 Å². The molecule has 3 aromatic carbocycles. The smallest absolute Gasteiger partial charge is 0.368 e. The molecule has 192 valence electrons. The Kier molecular flexibility index (Phi) is 9.45. The molecule has 36 heavy (non-hydrogen) atoms. The highest BCUT2D eigenvalue weighted by molar-refractivity contribution is 7.99. The summed E-state index contributed by atoms with van der Waals surface area (Å²) in [4.78, 5) is 0. The summed E-state index contributed by atoms with van der Waals surface area (Å²) in [6.45, 7) is 0.314. The van der Waals surface area contributed by atoms with Gasteiger partial charge in [-0.05, 0) is 22.9 Å². The lowest BCUT2D eigenvalue weighted by Crippen LogP contribution is -2.63. The molecule has 8 heteroatoms. The van der Waals surface area contributed by atoms with Gasteiger partial charge in [-0.3, -0.25) is 0 Å². The molecule has 0 aliphatic carbocycles. The van der Waals surface area contributed by atoms with Crippen LogP contribution in [0.2, 0.25) is 0 Å². The Morgan fingerprint density at radius 2 is 1.03 bits per heavy atom. The topological polar surface area (TPSA) is 36.9 Å². The zero-order valence-electron chi connectivity index (χ0n) is 19.8. The molecule has 3 aromatic rings. The van der Waals surface area contributed by atoms with Gasteiger partial charge in [0.05, 0.1) is 19.8 Å². The lowest BCUT2D eigenvalue weighted by molar-refractivity contribution is -0.317. The van der Waals surface area contributed by atoms with Crippen molar-refractivity contribution in [3.8, 4) is 0 Å². The fourth-order valence-corrected chi connectivity index (χ4v) is 4.84. The maximum absolute atomic E-state index is 14.2. The van der Waals surface area contributed by atoms with Crippen molar-refractivity contribution >= 4 is 11.8 Å². The predicted molar refractivity (Wildman–Crippen MR) is 133 cm³/mol. The van der Waals surface area contributed by atoms with E-state index < -0.39 is 36.0 Å². The van der Waals surface area contributed by atoms with Gasteiger partial charge in [-0.1, -0.05) is 91.0 Å². The molecule has 1 aliphatic rings. The number of hydrogen-bond acceptors (Lipinski definition) is 5. The highest BCUT2D eigenvalue weighted by Crippen LogP contribution is 2.40. The first-order valence-corrected chi connectivity index (χ1v) is 13.0. The van der Waals surface area contributed by atoms with Crippen LogP contribution >= 0.6 is 11.8 Å². The maximum Gasteiger partial charge on any atom is 0.417 e. The van der Waals surface area contributed by atoms with Gasteiger partial charge in [0.2, 0.25) is 0 Å². The van der Waals surface area contributed by atoms with Crippen molar-refractivity contribution in [1.29, 1.82) is 0 Å². The SMILES string of the molecule is CS[C@H]1O[C@@H](C(F)(F)F)[C@@H](OCc2ccccc2)[C@@H](OCc2ccccc2)[C@@H]1OCc1ccccc1. The van der Waals surface area contributed by atoms with Crippen LogP contribution < -0.4 is 0 Å². The average Bonchev–Trinajstić information content (AvgIpc) is 2.90. The summed E-state index contributed by atoms with van der Waals surface area (Å²) < 4.78 is 66.6. The van der Waals surface area contributed by atoms with E-state index >= 15 is 0 Å². The van der Waals surface area contributed by atoms with Crippen molar-refractivity contribution < 1.29 is 32.1 Å². The zero-order valence-corrected chi connectivity index (χ0v) is 20.7. The van der Waals surface area contributed by atoms with Gasteiger partial charge in [-0.2, -0.15) is 13.2 Å². The third kappa shape index (κ3) is 7.11. The monoisotopic (exact) mass is 518 g/mol. The number of halogens is 3. The molecule has 0 spiro atoms. The number of alkyl halides is 3. The fraction of sp³-hybridized carbons (Fsp3) is 0.357. The molecule has 0 bridgehead atoms. The van der Waals surface area contributed by atoms with Gasteiger partial charge in [0.25, 0.3) is 0 Å².